The Morgan fingerprint density at radius 1 is 1.13 bits per heavy atom. The van der Waals surface area contributed by atoms with Crippen molar-refractivity contribution in [2.75, 3.05) is 16.8 Å². The molecular formula is C19H24N4O7. The van der Waals surface area contributed by atoms with E-state index in [1.165, 1.54) is 4.90 Å². The molecule has 1 aliphatic rings. The lowest BCUT2D eigenvalue weighted by molar-refractivity contribution is -0.143. The van der Waals surface area contributed by atoms with Gasteiger partial charge in [-0.2, -0.15) is 0 Å². The Balaban J connectivity index is 2.14. The molecule has 0 saturated carbocycles. The summed E-state index contributed by atoms with van der Waals surface area (Å²) >= 11 is 0. The monoisotopic (exact) mass is 420 g/mol. The minimum atomic E-state index is -1.41. The Bertz CT molecular complexity index is 855. The number of nitrogens with one attached hydrogen (secondary N) is 3. The Labute approximate surface area is 172 Å². The predicted molar refractivity (Wildman–Crippen MR) is 106 cm³/mol. The first kappa shape index (κ1) is 22.7. The van der Waals surface area contributed by atoms with Crippen molar-refractivity contribution in [2.45, 2.75) is 38.8 Å². The summed E-state index contributed by atoms with van der Waals surface area (Å²) in [5.74, 6) is -4.12. The minimum Gasteiger partial charge on any atom is -0.481 e. The summed E-state index contributed by atoms with van der Waals surface area (Å²) in [4.78, 5) is 60.6. The second-order valence-corrected chi connectivity index (χ2v) is 7.15. The van der Waals surface area contributed by atoms with Crippen LogP contribution in [0.1, 0.15) is 26.7 Å². The van der Waals surface area contributed by atoms with E-state index in [0.29, 0.717) is 11.4 Å². The molecule has 1 aromatic rings. The highest BCUT2D eigenvalue weighted by Crippen LogP contribution is 2.28. The molecule has 0 unspecified atom stereocenters. The number of anilines is 2. The number of carbonyl (C=O) groups excluding carboxylic acids is 3. The Morgan fingerprint density at radius 3 is 2.40 bits per heavy atom. The van der Waals surface area contributed by atoms with Gasteiger partial charge >= 0.3 is 18.0 Å². The van der Waals surface area contributed by atoms with Gasteiger partial charge in [0.15, 0.2) is 0 Å². The number of hydrogen-bond acceptors (Lipinski definition) is 5. The Hall–Kier alpha value is -3.63. The van der Waals surface area contributed by atoms with Crippen molar-refractivity contribution in [3.63, 3.8) is 0 Å². The van der Waals surface area contributed by atoms with E-state index in [0.717, 1.165) is 0 Å². The van der Waals surface area contributed by atoms with Gasteiger partial charge in [0.05, 0.1) is 11.4 Å². The topological polar surface area (TPSA) is 165 Å². The van der Waals surface area contributed by atoms with Crippen molar-refractivity contribution >= 4 is 41.2 Å². The van der Waals surface area contributed by atoms with E-state index in [9.17, 15) is 29.1 Å². The molecule has 1 aromatic carbocycles. The van der Waals surface area contributed by atoms with Gasteiger partial charge in [0.1, 0.15) is 18.6 Å². The highest BCUT2D eigenvalue weighted by Gasteiger charge is 2.32. The zero-order chi connectivity index (χ0) is 22.4. The molecule has 0 fully saturated rings. The summed E-state index contributed by atoms with van der Waals surface area (Å²) in [7, 11) is 0. The number of hydrogen-bond donors (Lipinski definition) is 5. The zero-order valence-corrected chi connectivity index (χ0v) is 16.5. The van der Waals surface area contributed by atoms with E-state index in [1.54, 1.807) is 38.1 Å². The summed E-state index contributed by atoms with van der Waals surface area (Å²) < 4.78 is 0. The molecule has 0 saturated heterocycles. The molecule has 0 radical (unpaired) electrons. The number of rotatable bonds is 8. The second kappa shape index (κ2) is 9.72. The predicted octanol–water partition coefficient (Wildman–Crippen LogP) is 0.614. The SMILES string of the molecule is CC(C)[C@H](NC(=O)N1CC(=O)Nc2ccccc21)C(=O)N[C@H](CCC(=O)O)C(=O)O. The molecule has 1 heterocycles. The first-order chi connectivity index (χ1) is 14.1. The van der Waals surface area contributed by atoms with Crippen LogP contribution in [0.15, 0.2) is 24.3 Å². The average molecular weight is 420 g/mol. The van der Waals surface area contributed by atoms with E-state index in [4.69, 9.17) is 5.11 Å². The number of amides is 4. The maximum absolute atomic E-state index is 12.8. The number of aliphatic carboxylic acids is 2. The van der Waals surface area contributed by atoms with Gasteiger partial charge < -0.3 is 26.2 Å². The van der Waals surface area contributed by atoms with Crippen LogP contribution in [0.25, 0.3) is 0 Å². The lowest BCUT2D eigenvalue weighted by Crippen LogP contribution is -2.57. The molecule has 1 aliphatic heterocycles. The number of benzene rings is 1. The fourth-order valence-corrected chi connectivity index (χ4v) is 2.95. The number of para-hydroxylation sites is 2. The third-order valence-corrected chi connectivity index (χ3v) is 4.51. The van der Waals surface area contributed by atoms with Gasteiger partial charge in [-0.15, -0.1) is 0 Å². The lowest BCUT2D eigenvalue weighted by Gasteiger charge is -2.31. The first-order valence-corrected chi connectivity index (χ1v) is 9.32. The first-order valence-electron chi connectivity index (χ1n) is 9.32. The van der Waals surface area contributed by atoms with Gasteiger partial charge in [-0.25, -0.2) is 9.59 Å². The average Bonchev–Trinajstić information content (AvgIpc) is 2.67. The lowest BCUT2D eigenvalue weighted by atomic mass is 10.0. The van der Waals surface area contributed by atoms with Crippen LogP contribution in [0.5, 0.6) is 0 Å². The van der Waals surface area contributed by atoms with Crippen LogP contribution in [0.3, 0.4) is 0 Å². The second-order valence-electron chi connectivity index (χ2n) is 7.15. The van der Waals surface area contributed by atoms with E-state index in [1.807, 2.05) is 0 Å². The van der Waals surface area contributed by atoms with Crippen molar-refractivity contribution in [2.24, 2.45) is 5.92 Å². The molecule has 162 valence electrons. The molecule has 2 rings (SSSR count). The molecule has 11 nitrogen and oxygen atoms in total. The van der Waals surface area contributed by atoms with Gasteiger partial charge in [0, 0.05) is 6.42 Å². The molecule has 0 spiro atoms. The van der Waals surface area contributed by atoms with Crippen LogP contribution < -0.4 is 20.9 Å². The maximum atomic E-state index is 12.8. The summed E-state index contributed by atoms with van der Waals surface area (Å²) in [5.41, 5.74) is 0.913. The third-order valence-electron chi connectivity index (χ3n) is 4.51. The molecule has 11 heteroatoms. The quantitative estimate of drug-likeness (QED) is 0.411. The van der Waals surface area contributed by atoms with Gasteiger partial charge in [-0.3, -0.25) is 19.3 Å². The Kier molecular flexibility index (Phi) is 7.34. The number of fused-ring (bicyclic) bond motifs is 1. The van der Waals surface area contributed by atoms with Crippen LogP contribution in [0, 0.1) is 5.92 Å². The summed E-state index contributed by atoms with van der Waals surface area (Å²) in [6, 6.07) is 3.49. The number of carboxylic acid groups (broad SMARTS) is 2. The number of urea groups is 1. The Morgan fingerprint density at radius 2 is 1.80 bits per heavy atom. The maximum Gasteiger partial charge on any atom is 0.326 e. The number of carbonyl (C=O) groups is 5. The van der Waals surface area contributed by atoms with Crippen LogP contribution in [-0.2, 0) is 19.2 Å². The minimum absolute atomic E-state index is 0.244. The molecule has 0 aliphatic carbocycles. The van der Waals surface area contributed by atoms with Crippen LogP contribution in [-0.4, -0.2) is 58.6 Å². The molecule has 2 atom stereocenters. The highest BCUT2D eigenvalue weighted by molar-refractivity contribution is 6.10. The van der Waals surface area contributed by atoms with Gasteiger partial charge in [-0.05, 0) is 24.5 Å². The summed E-state index contributed by atoms with van der Waals surface area (Å²) in [6.45, 7) is 3.08. The largest absolute Gasteiger partial charge is 0.481 e. The summed E-state index contributed by atoms with van der Waals surface area (Å²) in [6.07, 6.45) is -0.732. The van der Waals surface area contributed by atoms with Crippen molar-refractivity contribution < 1.29 is 34.2 Å². The van der Waals surface area contributed by atoms with Gasteiger partial charge in [0.25, 0.3) is 0 Å². The summed E-state index contributed by atoms with van der Waals surface area (Å²) in [5, 5.41) is 25.4. The van der Waals surface area contributed by atoms with Crippen LogP contribution >= 0.6 is 0 Å². The van der Waals surface area contributed by atoms with Gasteiger partial charge in [-0.1, -0.05) is 26.0 Å². The van der Waals surface area contributed by atoms with E-state index in [2.05, 4.69) is 16.0 Å². The van der Waals surface area contributed by atoms with Crippen LogP contribution in [0.2, 0.25) is 0 Å². The van der Waals surface area contributed by atoms with E-state index < -0.39 is 54.2 Å². The van der Waals surface area contributed by atoms with E-state index >= 15 is 0 Å². The number of carboxylic acids is 2. The fraction of sp³-hybridized carbons (Fsp3) is 0.421. The van der Waals surface area contributed by atoms with Crippen LogP contribution in [0.4, 0.5) is 16.2 Å². The van der Waals surface area contributed by atoms with Crippen molar-refractivity contribution in [3.8, 4) is 0 Å². The standard InChI is InChI=1S/C19H24N4O7/c1-10(2)16(17(27)21-12(18(28)29)7-8-15(25)26)22-19(30)23-9-14(24)20-11-5-3-4-6-13(11)23/h3-6,10,12,16H,7-9H2,1-2H3,(H,20,24)(H,21,27)(H,22,30)(H,25,26)(H,28,29)/t12-,16+/m1/s1. The van der Waals surface area contributed by atoms with Gasteiger partial charge in [0.2, 0.25) is 11.8 Å². The molecule has 4 amide bonds. The van der Waals surface area contributed by atoms with Crippen molar-refractivity contribution in [1.29, 1.82) is 0 Å². The molecule has 0 aromatic heterocycles. The molecular weight excluding hydrogens is 396 g/mol. The zero-order valence-electron chi connectivity index (χ0n) is 16.5. The molecule has 30 heavy (non-hydrogen) atoms. The molecule has 5 N–H and O–H groups in total. The number of nitrogens with zero attached hydrogens (tertiary/aromatic N) is 1. The smallest absolute Gasteiger partial charge is 0.326 e. The fourth-order valence-electron chi connectivity index (χ4n) is 2.95. The van der Waals surface area contributed by atoms with E-state index in [-0.39, 0.29) is 13.0 Å². The third kappa shape index (κ3) is 5.69. The van der Waals surface area contributed by atoms with Crippen molar-refractivity contribution in [3.05, 3.63) is 24.3 Å². The van der Waals surface area contributed by atoms with Crippen molar-refractivity contribution in [1.82, 2.24) is 10.6 Å². The normalized spacial score (nSPS) is 14.9. The highest BCUT2D eigenvalue weighted by atomic mass is 16.4. The molecule has 0 bridgehead atoms.